The summed E-state index contributed by atoms with van der Waals surface area (Å²) in [7, 11) is 0. The smallest absolute Gasteiger partial charge is 0.386 e. The van der Waals surface area contributed by atoms with Crippen molar-refractivity contribution >= 4 is 23.8 Å². The van der Waals surface area contributed by atoms with E-state index >= 15 is 0 Å². The van der Waals surface area contributed by atoms with Crippen LogP contribution >= 0.6 is 0 Å². The van der Waals surface area contributed by atoms with Crippen molar-refractivity contribution in [2.75, 3.05) is 0 Å². The number of alkyl halides is 3. The van der Waals surface area contributed by atoms with Crippen molar-refractivity contribution in [1.29, 1.82) is 0 Å². The van der Waals surface area contributed by atoms with Crippen molar-refractivity contribution in [1.82, 2.24) is 5.32 Å². The topological polar surface area (TPSA) is 142 Å². The molecule has 2 atom stereocenters. The van der Waals surface area contributed by atoms with Crippen molar-refractivity contribution in [3.8, 4) is 0 Å². The number of carbonyl (C=O) groups is 4. The molecule has 0 fully saturated rings. The first-order valence-corrected chi connectivity index (χ1v) is 5.62. The third-order valence-electron chi connectivity index (χ3n) is 2.15. The second kappa shape index (κ2) is 7.57. The van der Waals surface area contributed by atoms with Gasteiger partial charge in [-0.3, -0.25) is 14.4 Å². The highest BCUT2D eigenvalue weighted by atomic mass is 19.4. The molecule has 0 aliphatic rings. The molecule has 0 saturated heterocycles. The summed E-state index contributed by atoms with van der Waals surface area (Å²) >= 11 is 0. The third-order valence-corrected chi connectivity index (χ3v) is 2.15. The molecule has 0 radical (unpaired) electrons. The van der Waals surface area contributed by atoms with E-state index in [-0.39, 0.29) is 0 Å². The van der Waals surface area contributed by atoms with Crippen LogP contribution in [0.4, 0.5) is 13.2 Å². The third kappa shape index (κ3) is 7.25. The summed E-state index contributed by atoms with van der Waals surface area (Å²) in [5.41, 5.74) is 10.2. The predicted molar refractivity (Wildman–Crippen MR) is 61.2 cm³/mol. The lowest BCUT2D eigenvalue weighted by atomic mass is 10.1. The number of ether oxygens (including phenoxy) is 1. The second-order valence-electron chi connectivity index (χ2n) is 4.05. The van der Waals surface area contributed by atoms with Gasteiger partial charge in [-0.05, 0) is 13.3 Å². The van der Waals surface area contributed by atoms with Crippen molar-refractivity contribution in [2.45, 2.75) is 38.0 Å². The zero-order valence-electron chi connectivity index (χ0n) is 10.9. The quantitative estimate of drug-likeness (QED) is 0.412. The van der Waals surface area contributed by atoms with Crippen LogP contribution < -0.4 is 16.8 Å². The first-order valence-electron chi connectivity index (χ1n) is 5.62. The molecule has 0 aliphatic carbocycles. The van der Waals surface area contributed by atoms with Crippen molar-refractivity contribution in [3.05, 3.63) is 0 Å². The van der Waals surface area contributed by atoms with E-state index < -0.39 is 54.9 Å². The highest BCUT2D eigenvalue weighted by molar-refractivity contribution is 5.90. The number of hydrogen-bond acceptors (Lipinski definition) is 6. The van der Waals surface area contributed by atoms with Crippen molar-refractivity contribution < 1.29 is 37.1 Å². The molecule has 0 aromatic rings. The number of primary amides is 1. The largest absolute Gasteiger partial charge is 0.491 e. The van der Waals surface area contributed by atoms with Gasteiger partial charge in [0.15, 0.2) is 0 Å². The number of nitrogens with one attached hydrogen (secondary N) is 1. The zero-order chi connectivity index (χ0) is 16.8. The molecule has 0 rings (SSSR count). The van der Waals surface area contributed by atoms with Crippen LogP contribution in [0.3, 0.4) is 0 Å². The number of hydrogen-bond donors (Lipinski definition) is 3. The van der Waals surface area contributed by atoms with E-state index in [2.05, 4.69) is 10.1 Å². The van der Waals surface area contributed by atoms with Crippen molar-refractivity contribution in [3.63, 3.8) is 0 Å². The molecule has 8 nitrogen and oxygen atoms in total. The van der Waals surface area contributed by atoms with Gasteiger partial charge in [-0.1, -0.05) is 0 Å². The summed E-state index contributed by atoms with van der Waals surface area (Å²) in [6.07, 6.45) is -6.46. The highest BCUT2D eigenvalue weighted by Crippen LogP contribution is 2.17. The maximum Gasteiger partial charge on any atom is 0.491 e. The number of halogens is 3. The second-order valence-corrected chi connectivity index (χ2v) is 4.05. The number of esters is 2. The summed E-state index contributed by atoms with van der Waals surface area (Å²) in [4.78, 5) is 43.7. The van der Waals surface area contributed by atoms with E-state index in [9.17, 15) is 32.3 Å². The van der Waals surface area contributed by atoms with E-state index in [0.717, 1.165) is 0 Å². The number of carbonyl (C=O) groups excluding carboxylic acids is 4. The van der Waals surface area contributed by atoms with Gasteiger partial charge in [-0.2, -0.15) is 13.2 Å². The summed E-state index contributed by atoms with van der Waals surface area (Å²) < 4.78 is 39.0. The van der Waals surface area contributed by atoms with Gasteiger partial charge in [-0.25, -0.2) is 4.79 Å². The fourth-order valence-corrected chi connectivity index (χ4v) is 1.06. The maximum atomic E-state index is 11.8. The summed E-state index contributed by atoms with van der Waals surface area (Å²) in [6, 6.07) is -2.28. The molecule has 2 amide bonds. The Morgan fingerprint density at radius 1 is 1.24 bits per heavy atom. The summed E-state index contributed by atoms with van der Waals surface area (Å²) in [5, 5.41) is 2.10. The van der Waals surface area contributed by atoms with E-state index in [1.807, 2.05) is 0 Å². The lowest BCUT2D eigenvalue weighted by molar-refractivity contribution is -0.201. The first-order chi connectivity index (χ1) is 9.45. The molecule has 0 aromatic carbocycles. The average molecular weight is 313 g/mol. The lowest BCUT2D eigenvalue weighted by Crippen LogP contribution is -2.49. The van der Waals surface area contributed by atoms with Gasteiger partial charge in [0.05, 0.1) is 6.04 Å². The van der Waals surface area contributed by atoms with Gasteiger partial charge in [-0.15, -0.1) is 0 Å². The van der Waals surface area contributed by atoms with E-state index in [1.54, 1.807) is 0 Å². The normalized spacial score (nSPS) is 14.0. The first kappa shape index (κ1) is 18.8. The number of nitrogens with two attached hydrogens (primary N) is 2. The van der Waals surface area contributed by atoms with Crippen LogP contribution in [0.2, 0.25) is 0 Å². The average Bonchev–Trinajstić information content (AvgIpc) is 2.32. The fraction of sp³-hybridized carbons (Fsp3) is 0.600. The molecule has 120 valence electrons. The molecule has 0 heterocycles. The lowest BCUT2D eigenvalue weighted by Gasteiger charge is -2.16. The Hall–Kier alpha value is -2.17. The molecule has 0 spiro atoms. The minimum atomic E-state index is -5.30. The van der Waals surface area contributed by atoms with Gasteiger partial charge in [0.1, 0.15) is 6.04 Å². The minimum Gasteiger partial charge on any atom is -0.386 e. The number of amides is 2. The molecule has 11 heteroatoms. The van der Waals surface area contributed by atoms with E-state index in [1.165, 1.54) is 6.92 Å². The Morgan fingerprint density at radius 3 is 2.14 bits per heavy atom. The van der Waals surface area contributed by atoms with Crippen LogP contribution in [0.15, 0.2) is 0 Å². The summed E-state index contributed by atoms with van der Waals surface area (Å²) in [5.74, 6) is -5.92. The molecule has 5 N–H and O–H groups in total. The highest BCUT2D eigenvalue weighted by Gasteiger charge is 2.42. The fourth-order valence-electron chi connectivity index (χ4n) is 1.06. The minimum absolute atomic E-state index is 0.433. The molecule has 0 aliphatic heterocycles. The van der Waals surface area contributed by atoms with Crippen LogP contribution in [0.5, 0.6) is 0 Å². The molecule has 0 unspecified atom stereocenters. The van der Waals surface area contributed by atoms with Crippen LogP contribution in [0.25, 0.3) is 0 Å². The van der Waals surface area contributed by atoms with Crippen LogP contribution in [-0.4, -0.2) is 42.0 Å². The standard InChI is InChI=1S/C10H14F3N3O5/c1-4(14)8(19)16-5(7(15)18)2-3-6(17)21-9(20)10(11,12)13/h4-5H,2-3,14H2,1H3,(H2,15,18)(H,16,19)/t4-,5+/m0/s1. The number of rotatable bonds is 6. The SMILES string of the molecule is C[C@H](N)C(=O)N[C@H](CCC(=O)OC(=O)C(F)(F)F)C(N)=O. The predicted octanol–water partition coefficient (Wildman–Crippen LogP) is -1.28. The molecular formula is C10H14F3N3O5. The van der Waals surface area contributed by atoms with E-state index in [0.29, 0.717) is 0 Å². The zero-order valence-corrected chi connectivity index (χ0v) is 10.9. The van der Waals surface area contributed by atoms with Gasteiger partial charge >= 0.3 is 18.1 Å². The van der Waals surface area contributed by atoms with Crippen LogP contribution in [0, 0.1) is 0 Å². The van der Waals surface area contributed by atoms with E-state index in [4.69, 9.17) is 11.5 Å². The Balaban J connectivity index is 4.44. The van der Waals surface area contributed by atoms with Crippen LogP contribution in [-0.2, 0) is 23.9 Å². The van der Waals surface area contributed by atoms with Gasteiger partial charge in [0.2, 0.25) is 11.8 Å². The molecule has 0 bridgehead atoms. The van der Waals surface area contributed by atoms with Crippen LogP contribution in [0.1, 0.15) is 19.8 Å². The maximum absolute atomic E-state index is 11.8. The summed E-state index contributed by atoms with van der Waals surface area (Å²) in [6.45, 7) is 1.32. The molecular weight excluding hydrogens is 299 g/mol. The van der Waals surface area contributed by atoms with Crippen molar-refractivity contribution in [2.24, 2.45) is 11.5 Å². The Bertz CT molecular complexity index is 436. The van der Waals surface area contributed by atoms with Gasteiger partial charge in [0.25, 0.3) is 0 Å². The Kier molecular flexibility index (Phi) is 6.79. The Labute approximate surface area is 117 Å². The molecule has 21 heavy (non-hydrogen) atoms. The molecule has 0 aromatic heterocycles. The van der Waals surface area contributed by atoms with Gasteiger partial charge < -0.3 is 21.5 Å². The Morgan fingerprint density at radius 2 is 1.76 bits per heavy atom. The molecule has 0 saturated carbocycles. The van der Waals surface area contributed by atoms with Gasteiger partial charge in [0, 0.05) is 6.42 Å². The monoisotopic (exact) mass is 313 g/mol.